The predicted octanol–water partition coefficient (Wildman–Crippen LogP) is 2.84. The maximum atomic E-state index is 11.9. The molecular weight excluding hydrogens is 318 g/mol. The van der Waals surface area contributed by atoms with E-state index in [2.05, 4.69) is 15.5 Å². The fourth-order valence-corrected chi connectivity index (χ4v) is 2.59. The van der Waals surface area contributed by atoms with Gasteiger partial charge in [0.1, 0.15) is 4.88 Å². The Bertz CT molecular complexity index is 727. The third-order valence-electron chi connectivity index (χ3n) is 2.96. The van der Waals surface area contributed by atoms with Crippen molar-refractivity contribution in [1.29, 1.82) is 0 Å². The first kappa shape index (κ1) is 17.1. The first-order valence-corrected chi connectivity index (χ1v) is 7.86. The average Bonchev–Trinajstić information content (AvgIpc) is 3.02. The number of aryl methyl sites for hydroxylation is 2. The Morgan fingerprint density at radius 3 is 2.57 bits per heavy atom. The van der Waals surface area contributed by atoms with Crippen LogP contribution in [0.2, 0.25) is 0 Å². The zero-order chi connectivity index (χ0) is 17.2. The van der Waals surface area contributed by atoms with Gasteiger partial charge >= 0.3 is 5.97 Å². The molecule has 124 valence electrons. The quantitative estimate of drug-likeness (QED) is 0.862. The Morgan fingerprint density at radius 2 is 2.04 bits per heavy atom. The molecule has 2 aromatic heterocycles. The van der Waals surface area contributed by atoms with Gasteiger partial charge in [-0.3, -0.25) is 10.1 Å². The summed E-state index contributed by atoms with van der Waals surface area (Å²) in [5, 5.41) is 7.17. The number of anilines is 1. The fraction of sp³-hybridized carbons (Fsp3) is 0.467. The second-order valence-corrected chi connectivity index (χ2v) is 7.30. The van der Waals surface area contributed by atoms with Crippen molar-refractivity contribution >= 4 is 29.1 Å². The molecule has 0 unspecified atom stereocenters. The number of rotatable bonds is 4. The number of carbonyl (C=O) groups excluding carboxylic acids is 2. The summed E-state index contributed by atoms with van der Waals surface area (Å²) in [6.07, 6.45) is 0. The van der Waals surface area contributed by atoms with E-state index in [0.717, 1.165) is 10.7 Å². The second kappa shape index (κ2) is 6.49. The van der Waals surface area contributed by atoms with Crippen LogP contribution in [-0.4, -0.2) is 28.6 Å². The number of nitrogens with zero attached hydrogens (tertiary/aromatic N) is 2. The van der Waals surface area contributed by atoms with E-state index in [1.807, 2.05) is 20.8 Å². The lowest BCUT2D eigenvalue weighted by molar-refractivity contribution is -0.119. The van der Waals surface area contributed by atoms with Crippen LogP contribution in [0.25, 0.3) is 0 Å². The Labute approximate surface area is 138 Å². The van der Waals surface area contributed by atoms with Crippen molar-refractivity contribution < 1.29 is 18.8 Å². The Hall–Kier alpha value is -2.22. The molecule has 2 rings (SSSR count). The number of aromatic nitrogens is 2. The van der Waals surface area contributed by atoms with Gasteiger partial charge in [0.25, 0.3) is 5.91 Å². The van der Waals surface area contributed by atoms with E-state index in [1.54, 1.807) is 19.9 Å². The zero-order valence-corrected chi connectivity index (χ0v) is 14.5. The normalized spacial score (nSPS) is 11.3. The molecular formula is C15H19N3O4S. The van der Waals surface area contributed by atoms with Crippen molar-refractivity contribution in [3.8, 4) is 0 Å². The van der Waals surface area contributed by atoms with Gasteiger partial charge in [0.05, 0.1) is 16.4 Å². The number of hydrogen-bond donors (Lipinski definition) is 1. The molecule has 8 heteroatoms. The van der Waals surface area contributed by atoms with E-state index in [9.17, 15) is 9.59 Å². The van der Waals surface area contributed by atoms with Gasteiger partial charge in [-0.15, -0.1) is 11.3 Å². The smallest absolute Gasteiger partial charge is 0.350 e. The lowest BCUT2D eigenvalue weighted by atomic mass is 9.92. The van der Waals surface area contributed by atoms with Crippen LogP contribution < -0.4 is 5.32 Å². The highest BCUT2D eigenvalue weighted by molar-refractivity contribution is 7.13. The molecule has 23 heavy (non-hydrogen) atoms. The summed E-state index contributed by atoms with van der Waals surface area (Å²) in [4.78, 5) is 28.3. The number of esters is 1. The maximum Gasteiger partial charge on any atom is 0.350 e. The Kier molecular flexibility index (Phi) is 4.84. The van der Waals surface area contributed by atoms with Crippen LogP contribution >= 0.6 is 11.3 Å². The molecule has 2 aromatic rings. The largest absolute Gasteiger partial charge is 0.451 e. The number of nitrogens with one attached hydrogen (secondary N) is 1. The van der Waals surface area contributed by atoms with Gasteiger partial charge in [0, 0.05) is 11.5 Å². The minimum absolute atomic E-state index is 0.180. The first-order chi connectivity index (χ1) is 10.7. The fourth-order valence-electron chi connectivity index (χ4n) is 1.78. The molecule has 0 aliphatic rings. The van der Waals surface area contributed by atoms with E-state index in [-0.39, 0.29) is 11.3 Å². The molecule has 0 fully saturated rings. The minimum Gasteiger partial charge on any atom is -0.451 e. The van der Waals surface area contributed by atoms with E-state index in [1.165, 1.54) is 11.3 Å². The third kappa shape index (κ3) is 4.38. The van der Waals surface area contributed by atoms with Gasteiger partial charge < -0.3 is 9.26 Å². The van der Waals surface area contributed by atoms with E-state index in [0.29, 0.717) is 10.6 Å². The van der Waals surface area contributed by atoms with Crippen molar-refractivity contribution in [2.24, 2.45) is 0 Å². The van der Waals surface area contributed by atoms with Crippen molar-refractivity contribution in [2.75, 3.05) is 11.9 Å². The van der Waals surface area contributed by atoms with Crippen LogP contribution in [0.3, 0.4) is 0 Å². The van der Waals surface area contributed by atoms with Gasteiger partial charge in [-0.25, -0.2) is 9.78 Å². The summed E-state index contributed by atoms with van der Waals surface area (Å²) in [5.41, 5.74) is 1.14. The van der Waals surface area contributed by atoms with Crippen molar-refractivity contribution in [3.05, 3.63) is 27.3 Å². The summed E-state index contributed by atoms with van der Waals surface area (Å²) in [5.74, 6) is -0.828. The highest BCUT2D eigenvalue weighted by Crippen LogP contribution is 2.23. The predicted molar refractivity (Wildman–Crippen MR) is 85.7 cm³/mol. The molecule has 0 aromatic carbocycles. The summed E-state index contributed by atoms with van der Waals surface area (Å²) < 4.78 is 10.0. The average molecular weight is 337 g/mol. The van der Waals surface area contributed by atoms with Crippen LogP contribution in [0.5, 0.6) is 0 Å². The molecule has 0 radical (unpaired) electrons. The van der Waals surface area contributed by atoms with Gasteiger partial charge in [-0.05, 0) is 13.8 Å². The van der Waals surface area contributed by atoms with Gasteiger partial charge in [0.2, 0.25) is 5.88 Å². The lowest BCUT2D eigenvalue weighted by Gasteiger charge is -2.12. The molecule has 0 saturated carbocycles. The molecule has 1 N–H and O–H groups in total. The van der Waals surface area contributed by atoms with Crippen LogP contribution in [0.4, 0.5) is 5.88 Å². The van der Waals surface area contributed by atoms with E-state index in [4.69, 9.17) is 9.26 Å². The lowest BCUT2D eigenvalue weighted by Crippen LogP contribution is -2.20. The summed E-state index contributed by atoms with van der Waals surface area (Å²) in [6, 6.07) is 1.65. The molecule has 7 nitrogen and oxygen atoms in total. The SMILES string of the molecule is Cc1nc(C)c(C(=O)OCC(=O)Nc2cc(C(C)(C)C)no2)s1. The summed E-state index contributed by atoms with van der Waals surface area (Å²) in [7, 11) is 0. The standard InChI is InChI=1S/C15H19N3O4S/c1-8-13(23-9(2)16-8)14(20)21-7-11(19)17-12-6-10(18-22-12)15(3,4)5/h6H,7H2,1-5H3,(H,17,19). The number of hydrogen-bond acceptors (Lipinski definition) is 7. The number of carbonyl (C=O) groups is 2. The second-order valence-electron chi connectivity index (χ2n) is 6.10. The highest BCUT2D eigenvalue weighted by atomic mass is 32.1. The number of thiazole rings is 1. The monoisotopic (exact) mass is 337 g/mol. The topological polar surface area (TPSA) is 94.3 Å². The van der Waals surface area contributed by atoms with Gasteiger partial charge in [-0.1, -0.05) is 25.9 Å². The van der Waals surface area contributed by atoms with Crippen LogP contribution in [0, 0.1) is 13.8 Å². The molecule has 0 aliphatic carbocycles. The van der Waals surface area contributed by atoms with Gasteiger partial charge in [0.15, 0.2) is 6.61 Å². The first-order valence-electron chi connectivity index (χ1n) is 7.05. The van der Waals surface area contributed by atoms with Crippen LogP contribution in [0.15, 0.2) is 10.6 Å². The molecule has 2 heterocycles. The van der Waals surface area contributed by atoms with Gasteiger partial charge in [-0.2, -0.15) is 0 Å². The summed E-state index contributed by atoms with van der Waals surface area (Å²) >= 11 is 1.24. The zero-order valence-electron chi connectivity index (χ0n) is 13.7. The minimum atomic E-state index is -0.559. The molecule has 0 spiro atoms. The summed E-state index contributed by atoms with van der Waals surface area (Å²) in [6.45, 7) is 9.08. The highest BCUT2D eigenvalue weighted by Gasteiger charge is 2.20. The molecule has 0 aliphatic heterocycles. The van der Waals surface area contributed by atoms with E-state index < -0.39 is 18.5 Å². The van der Waals surface area contributed by atoms with Crippen LogP contribution in [0.1, 0.15) is 46.8 Å². The Morgan fingerprint density at radius 1 is 1.35 bits per heavy atom. The molecule has 0 atom stereocenters. The van der Waals surface area contributed by atoms with Crippen molar-refractivity contribution in [1.82, 2.24) is 10.1 Å². The number of ether oxygens (including phenoxy) is 1. The Balaban J connectivity index is 1.89. The van der Waals surface area contributed by atoms with E-state index >= 15 is 0 Å². The maximum absolute atomic E-state index is 11.9. The molecule has 0 saturated heterocycles. The van der Waals surface area contributed by atoms with Crippen LogP contribution in [-0.2, 0) is 14.9 Å². The van der Waals surface area contributed by atoms with Crippen molar-refractivity contribution in [3.63, 3.8) is 0 Å². The van der Waals surface area contributed by atoms with Crippen molar-refractivity contribution in [2.45, 2.75) is 40.0 Å². The molecule has 1 amide bonds. The third-order valence-corrected chi connectivity index (χ3v) is 4.02. The number of amides is 1. The molecule has 0 bridgehead atoms.